The summed E-state index contributed by atoms with van der Waals surface area (Å²) in [6.07, 6.45) is 0.995. The molecule has 0 atom stereocenters. The van der Waals surface area contributed by atoms with Crippen molar-refractivity contribution in [2.24, 2.45) is 0 Å². The highest BCUT2D eigenvalue weighted by Crippen LogP contribution is 2.23. The zero-order valence-corrected chi connectivity index (χ0v) is 18.0. The number of rotatable bonds is 6. The van der Waals surface area contributed by atoms with Crippen LogP contribution >= 0.6 is 0 Å². The highest BCUT2D eigenvalue weighted by molar-refractivity contribution is 5.94. The fourth-order valence-electron chi connectivity index (χ4n) is 3.79. The molecule has 1 N–H and O–H groups in total. The maximum absolute atomic E-state index is 13.0. The monoisotopic (exact) mass is 442 g/mol. The molecule has 0 spiro atoms. The molecule has 1 aliphatic rings. The Morgan fingerprint density at radius 3 is 2.27 bits per heavy atom. The molecule has 1 aliphatic heterocycles. The lowest BCUT2D eigenvalue weighted by atomic mass is 10.1. The fourth-order valence-corrected chi connectivity index (χ4v) is 3.79. The van der Waals surface area contributed by atoms with Crippen LogP contribution in [0.25, 0.3) is 0 Å². The van der Waals surface area contributed by atoms with E-state index in [-0.39, 0.29) is 24.2 Å². The molecule has 0 radical (unpaired) electrons. The number of anilines is 2. The predicted octanol–water partition coefficient (Wildman–Crippen LogP) is 4.71. The number of carbonyl (C=O) groups excluding carboxylic acids is 2. The summed E-state index contributed by atoms with van der Waals surface area (Å²) >= 11 is 0. The lowest BCUT2D eigenvalue weighted by molar-refractivity contribution is -0.115. The summed E-state index contributed by atoms with van der Waals surface area (Å²) < 4.78 is 13.0. The number of hydrogen-bond acceptors (Lipinski definition) is 3. The maximum atomic E-state index is 13.0. The van der Waals surface area contributed by atoms with Gasteiger partial charge in [0.05, 0.1) is 18.1 Å². The number of nitrogens with zero attached hydrogens (tertiary/aromatic N) is 3. The summed E-state index contributed by atoms with van der Waals surface area (Å²) in [5, 5.41) is 11.8. The van der Waals surface area contributed by atoms with E-state index in [4.69, 9.17) is 5.26 Å². The molecule has 1 fully saturated rings. The minimum Gasteiger partial charge on any atom is -0.326 e. The zero-order chi connectivity index (χ0) is 23.2. The molecule has 0 aromatic heterocycles. The van der Waals surface area contributed by atoms with Crippen LogP contribution in [0.5, 0.6) is 0 Å². The molecule has 3 aromatic carbocycles. The van der Waals surface area contributed by atoms with Gasteiger partial charge in [-0.15, -0.1) is 0 Å². The lowest BCUT2D eigenvalue weighted by Gasteiger charge is -2.35. The first-order valence-corrected chi connectivity index (χ1v) is 10.7. The first-order valence-electron chi connectivity index (χ1n) is 10.7. The van der Waals surface area contributed by atoms with Crippen molar-refractivity contribution in [1.29, 1.82) is 5.26 Å². The SMILES string of the molecule is N#Cc1ccc(CN2CCCN(c3ccc(NC(=O)Cc4ccc(F)cc4)cc3)C2=O)cc1. The van der Waals surface area contributed by atoms with Crippen LogP contribution in [0.2, 0.25) is 0 Å². The molecule has 166 valence electrons. The summed E-state index contributed by atoms with van der Waals surface area (Å²) in [5.41, 5.74) is 3.69. The largest absolute Gasteiger partial charge is 0.326 e. The third-order valence-corrected chi connectivity index (χ3v) is 5.51. The van der Waals surface area contributed by atoms with E-state index >= 15 is 0 Å². The van der Waals surface area contributed by atoms with Crippen molar-refractivity contribution in [3.05, 3.63) is 95.3 Å². The molecule has 33 heavy (non-hydrogen) atoms. The Labute approximate surface area is 191 Å². The number of benzene rings is 3. The minimum atomic E-state index is -0.336. The first kappa shape index (κ1) is 22.0. The van der Waals surface area contributed by atoms with Gasteiger partial charge in [0.2, 0.25) is 5.91 Å². The highest BCUT2D eigenvalue weighted by Gasteiger charge is 2.26. The van der Waals surface area contributed by atoms with Gasteiger partial charge in [0.25, 0.3) is 0 Å². The van der Waals surface area contributed by atoms with Gasteiger partial charge >= 0.3 is 6.03 Å². The molecule has 1 saturated heterocycles. The van der Waals surface area contributed by atoms with Crippen molar-refractivity contribution >= 4 is 23.3 Å². The Bertz CT molecular complexity index is 1170. The molecule has 0 bridgehead atoms. The molecule has 0 aliphatic carbocycles. The van der Waals surface area contributed by atoms with E-state index in [2.05, 4.69) is 11.4 Å². The summed E-state index contributed by atoms with van der Waals surface area (Å²) in [5.74, 6) is -0.533. The average molecular weight is 442 g/mol. The molecule has 6 nitrogen and oxygen atoms in total. The Balaban J connectivity index is 1.37. The molecule has 0 saturated carbocycles. The number of nitrogens with one attached hydrogen (secondary N) is 1. The quantitative estimate of drug-likeness (QED) is 0.601. The predicted molar refractivity (Wildman–Crippen MR) is 124 cm³/mol. The van der Waals surface area contributed by atoms with Crippen molar-refractivity contribution in [3.63, 3.8) is 0 Å². The number of amides is 3. The van der Waals surface area contributed by atoms with E-state index in [9.17, 15) is 14.0 Å². The topological polar surface area (TPSA) is 76.4 Å². The van der Waals surface area contributed by atoms with E-state index in [1.165, 1.54) is 12.1 Å². The van der Waals surface area contributed by atoms with Crippen molar-refractivity contribution in [2.45, 2.75) is 19.4 Å². The second-order valence-corrected chi connectivity index (χ2v) is 7.92. The van der Waals surface area contributed by atoms with Crippen LogP contribution in [0.15, 0.2) is 72.8 Å². The van der Waals surface area contributed by atoms with E-state index < -0.39 is 0 Å². The molecular weight excluding hydrogens is 419 g/mol. The Kier molecular flexibility index (Phi) is 6.65. The number of nitriles is 1. The number of urea groups is 1. The van der Waals surface area contributed by atoms with Crippen molar-refractivity contribution in [2.75, 3.05) is 23.3 Å². The van der Waals surface area contributed by atoms with Gasteiger partial charge in [0.15, 0.2) is 0 Å². The normalized spacial score (nSPS) is 13.5. The maximum Gasteiger partial charge on any atom is 0.324 e. The minimum absolute atomic E-state index is 0.0706. The van der Waals surface area contributed by atoms with Gasteiger partial charge in [-0.05, 0) is 66.1 Å². The van der Waals surface area contributed by atoms with Crippen LogP contribution < -0.4 is 10.2 Å². The lowest BCUT2D eigenvalue weighted by Crippen LogP contribution is -2.49. The van der Waals surface area contributed by atoms with Crippen LogP contribution in [-0.2, 0) is 17.8 Å². The third-order valence-electron chi connectivity index (χ3n) is 5.51. The summed E-state index contributed by atoms with van der Waals surface area (Å²) in [6, 6.07) is 22.3. The van der Waals surface area contributed by atoms with Crippen molar-refractivity contribution in [3.8, 4) is 6.07 Å². The number of halogens is 1. The van der Waals surface area contributed by atoms with Gasteiger partial charge in [0, 0.05) is 31.0 Å². The summed E-state index contributed by atoms with van der Waals surface area (Å²) in [7, 11) is 0. The van der Waals surface area contributed by atoms with Crippen molar-refractivity contribution < 1.29 is 14.0 Å². The molecule has 7 heteroatoms. The second-order valence-electron chi connectivity index (χ2n) is 7.92. The Hall–Kier alpha value is -4.18. The van der Waals surface area contributed by atoms with Crippen molar-refractivity contribution in [1.82, 2.24) is 4.90 Å². The van der Waals surface area contributed by atoms with Gasteiger partial charge in [-0.1, -0.05) is 24.3 Å². The smallest absolute Gasteiger partial charge is 0.324 e. The van der Waals surface area contributed by atoms with Gasteiger partial charge in [-0.25, -0.2) is 9.18 Å². The van der Waals surface area contributed by atoms with Crippen LogP contribution in [0.3, 0.4) is 0 Å². The molecular formula is C26H23FN4O2. The van der Waals surface area contributed by atoms with Gasteiger partial charge in [-0.3, -0.25) is 9.69 Å². The zero-order valence-electron chi connectivity index (χ0n) is 18.0. The highest BCUT2D eigenvalue weighted by atomic mass is 19.1. The molecule has 1 heterocycles. The van der Waals surface area contributed by atoms with Crippen LogP contribution in [-0.4, -0.2) is 29.9 Å². The van der Waals surface area contributed by atoms with E-state index in [0.29, 0.717) is 30.9 Å². The third kappa shape index (κ3) is 5.55. The molecule has 3 aromatic rings. The van der Waals surface area contributed by atoms with Gasteiger partial charge < -0.3 is 10.2 Å². The fraction of sp³-hybridized carbons (Fsp3) is 0.192. The Morgan fingerprint density at radius 1 is 0.939 bits per heavy atom. The van der Waals surface area contributed by atoms with Crippen LogP contribution in [0.1, 0.15) is 23.1 Å². The van der Waals surface area contributed by atoms with Gasteiger partial charge in [-0.2, -0.15) is 5.26 Å². The standard InChI is InChI=1S/C26H23FN4O2/c27-22-8-6-19(7-9-22)16-25(32)29-23-10-12-24(13-11-23)31-15-1-14-30(26(31)33)18-21-4-2-20(17-28)3-5-21/h2-13H,1,14-16,18H2,(H,29,32). The van der Waals surface area contributed by atoms with E-state index in [1.54, 1.807) is 46.2 Å². The second kappa shape index (κ2) is 9.96. The van der Waals surface area contributed by atoms with E-state index in [0.717, 1.165) is 23.2 Å². The summed E-state index contributed by atoms with van der Waals surface area (Å²) in [6.45, 7) is 1.78. The Morgan fingerprint density at radius 2 is 1.61 bits per heavy atom. The van der Waals surface area contributed by atoms with Crippen LogP contribution in [0, 0.1) is 17.1 Å². The van der Waals surface area contributed by atoms with Gasteiger partial charge in [0.1, 0.15) is 5.82 Å². The summed E-state index contributed by atoms with van der Waals surface area (Å²) in [4.78, 5) is 28.8. The number of hydrogen-bond donors (Lipinski definition) is 1. The number of carbonyl (C=O) groups is 2. The average Bonchev–Trinajstić information content (AvgIpc) is 2.83. The van der Waals surface area contributed by atoms with Crippen LogP contribution in [0.4, 0.5) is 20.6 Å². The first-order chi connectivity index (χ1) is 16.0. The van der Waals surface area contributed by atoms with E-state index in [1.807, 2.05) is 24.3 Å². The molecule has 4 rings (SSSR count). The molecule has 3 amide bonds. The molecule has 0 unspecified atom stereocenters.